The average molecular weight is 356 g/mol. The monoisotopic (exact) mass is 356 g/mol. The van der Waals surface area contributed by atoms with Gasteiger partial charge in [-0.1, -0.05) is 6.07 Å². The van der Waals surface area contributed by atoms with Crippen LogP contribution in [0, 0.1) is 0 Å². The summed E-state index contributed by atoms with van der Waals surface area (Å²) in [6.07, 6.45) is -1.24. The number of anilines is 1. The largest absolute Gasteiger partial charge is 0.454 e. The van der Waals surface area contributed by atoms with Gasteiger partial charge < -0.3 is 10.1 Å². The summed E-state index contributed by atoms with van der Waals surface area (Å²) in [6.45, 7) is 0. The molecule has 3 aromatic rings. The van der Waals surface area contributed by atoms with Crippen LogP contribution < -0.4 is 10.1 Å². The van der Waals surface area contributed by atoms with Crippen LogP contribution in [-0.4, -0.2) is 10.9 Å². The van der Waals surface area contributed by atoms with Gasteiger partial charge in [-0.25, -0.2) is 0 Å². The molecule has 1 aromatic heterocycles. The summed E-state index contributed by atoms with van der Waals surface area (Å²) in [5.41, 5.74) is 0.989. The Hall–Kier alpha value is -3.35. The zero-order chi connectivity index (χ0) is 18.3. The van der Waals surface area contributed by atoms with Gasteiger partial charge in [0.1, 0.15) is 5.75 Å². The number of carbonyl (C=O) groups excluding carboxylic acids is 1. The molecule has 4 rings (SSSR count). The summed E-state index contributed by atoms with van der Waals surface area (Å²) in [7, 11) is 0. The molecule has 0 saturated carbocycles. The lowest BCUT2D eigenvalue weighted by Gasteiger charge is -2.11. The molecular weight excluding hydrogens is 345 g/mol. The number of ether oxygens (including phenoxy) is 1. The Bertz CT molecular complexity index is 1000. The fraction of sp³-hybridized carbons (Fsp3) is 0.0526. The van der Waals surface area contributed by atoms with Gasteiger partial charge in [0.2, 0.25) is 0 Å². The Morgan fingerprint density at radius 3 is 2.35 bits per heavy atom. The quantitative estimate of drug-likeness (QED) is 0.658. The van der Waals surface area contributed by atoms with Crippen molar-refractivity contribution in [1.29, 1.82) is 0 Å². The Balaban J connectivity index is 1.76. The SMILES string of the molecule is O=C1Nc2cc(C(F)(F)F)ccc2Oc2ccc(-c3ccncc3)cc21. The van der Waals surface area contributed by atoms with Crippen molar-refractivity contribution in [1.82, 2.24) is 4.98 Å². The summed E-state index contributed by atoms with van der Waals surface area (Å²) in [5, 5.41) is 2.49. The highest BCUT2D eigenvalue weighted by Gasteiger charge is 2.32. The Kier molecular flexibility index (Phi) is 3.64. The molecule has 1 aliphatic heterocycles. The summed E-state index contributed by atoms with van der Waals surface area (Å²) in [6, 6.07) is 11.6. The molecule has 1 N–H and O–H groups in total. The molecule has 1 aliphatic rings. The van der Waals surface area contributed by atoms with Crippen LogP contribution in [0.3, 0.4) is 0 Å². The van der Waals surface area contributed by atoms with Crippen LogP contribution in [-0.2, 0) is 6.18 Å². The maximum atomic E-state index is 12.9. The van der Waals surface area contributed by atoms with Crippen LogP contribution in [0.2, 0.25) is 0 Å². The van der Waals surface area contributed by atoms with Crippen molar-refractivity contribution in [3.63, 3.8) is 0 Å². The third-order valence-corrected chi connectivity index (χ3v) is 4.01. The van der Waals surface area contributed by atoms with E-state index in [2.05, 4.69) is 10.3 Å². The molecule has 4 nitrogen and oxygen atoms in total. The van der Waals surface area contributed by atoms with Crippen molar-refractivity contribution < 1.29 is 22.7 Å². The van der Waals surface area contributed by atoms with E-state index in [0.717, 1.165) is 23.3 Å². The maximum Gasteiger partial charge on any atom is 0.416 e. The molecule has 0 bridgehead atoms. The van der Waals surface area contributed by atoms with E-state index in [4.69, 9.17) is 4.74 Å². The van der Waals surface area contributed by atoms with Gasteiger partial charge in [-0.15, -0.1) is 0 Å². The van der Waals surface area contributed by atoms with E-state index in [1.807, 2.05) is 0 Å². The second kappa shape index (κ2) is 5.87. The molecule has 0 fully saturated rings. The van der Waals surface area contributed by atoms with Gasteiger partial charge in [-0.3, -0.25) is 9.78 Å². The number of benzene rings is 2. The molecule has 0 atom stereocenters. The number of nitrogens with zero attached hydrogens (tertiary/aromatic N) is 1. The second-order valence-corrected chi connectivity index (χ2v) is 5.71. The molecule has 0 radical (unpaired) electrons. The average Bonchev–Trinajstić information content (AvgIpc) is 2.76. The lowest BCUT2D eigenvalue weighted by Crippen LogP contribution is -2.12. The molecular formula is C19H11F3N2O2. The van der Waals surface area contributed by atoms with Crippen LogP contribution in [0.25, 0.3) is 11.1 Å². The third kappa shape index (κ3) is 2.88. The highest BCUT2D eigenvalue weighted by atomic mass is 19.4. The molecule has 0 spiro atoms. The van der Waals surface area contributed by atoms with E-state index in [1.54, 1.807) is 42.7 Å². The van der Waals surface area contributed by atoms with Gasteiger partial charge >= 0.3 is 6.18 Å². The van der Waals surface area contributed by atoms with Crippen LogP contribution in [0.5, 0.6) is 11.5 Å². The van der Waals surface area contributed by atoms with Crippen LogP contribution in [0.1, 0.15) is 15.9 Å². The van der Waals surface area contributed by atoms with Gasteiger partial charge in [-0.2, -0.15) is 13.2 Å². The van der Waals surface area contributed by atoms with Crippen molar-refractivity contribution in [2.45, 2.75) is 6.18 Å². The normalized spacial score (nSPS) is 13.1. The fourth-order valence-electron chi connectivity index (χ4n) is 2.72. The highest BCUT2D eigenvalue weighted by molar-refractivity contribution is 6.08. The van der Waals surface area contributed by atoms with E-state index >= 15 is 0 Å². The highest BCUT2D eigenvalue weighted by Crippen LogP contribution is 2.40. The number of hydrogen-bond acceptors (Lipinski definition) is 3. The predicted molar refractivity (Wildman–Crippen MR) is 89.1 cm³/mol. The Morgan fingerprint density at radius 1 is 0.885 bits per heavy atom. The molecule has 130 valence electrons. The van der Waals surface area contributed by atoms with Crippen LogP contribution in [0.4, 0.5) is 18.9 Å². The van der Waals surface area contributed by atoms with Crippen molar-refractivity contribution in [3.8, 4) is 22.6 Å². The first-order valence-electron chi connectivity index (χ1n) is 7.67. The van der Waals surface area contributed by atoms with Gasteiger partial charge in [0.25, 0.3) is 5.91 Å². The van der Waals surface area contributed by atoms with Gasteiger partial charge in [-0.05, 0) is 53.6 Å². The number of pyridine rings is 1. The van der Waals surface area contributed by atoms with E-state index in [9.17, 15) is 18.0 Å². The number of hydrogen-bond donors (Lipinski definition) is 1. The molecule has 0 saturated heterocycles. The second-order valence-electron chi connectivity index (χ2n) is 5.71. The molecule has 7 heteroatoms. The maximum absolute atomic E-state index is 12.9. The molecule has 0 unspecified atom stereocenters. The number of carbonyl (C=O) groups is 1. The van der Waals surface area contributed by atoms with Crippen molar-refractivity contribution >= 4 is 11.6 Å². The lowest BCUT2D eigenvalue weighted by atomic mass is 10.0. The predicted octanol–water partition coefficient (Wildman–Crippen LogP) is 5.13. The number of aromatic nitrogens is 1. The van der Waals surface area contributed by atoms with E-state index in [1.165, 1.54) is 6.07 Å². The zero-order valence-corrected chi connectivity index (χ0v) is 13.2. The minimum atomic E-state index is -4.51. The molecule has 1 amide bonds. The first-order chi connectivity index (χ1) is 12.4. The smallest absolute Gasteiger partial charge is 0.416 e. The topological polar surface area (TPSA) is 51.2 Å². The first kappa shape index (κ1) is 16.1. The summed E-state index contributed by atoms with van der Waals surface area (Å²) >= 11 is 0. The lowest BCUT2D eigenvalue weighted by molar-refractivity contribution is -0.137. The van der Waals surface area contributed by atoms with Gasteiger partial charge in [0.15, 0.2) is 5.75 Å². The van der Waals surface area contributed by atoms with Gasteiger partial charge in [0, 0.05) is 12.4 Å². The summed E-state index contributed by atoms with van der Waals surface area (Å²) in [5.74, 6) is -0.102. The molecule has 2 aromatic carbocycles. The number of fused-ring (bicyclic) bond motifs is 2. The number of nitrogens with one attached hydrogen (secondary N) is 1. The van der Waals surface area contributed by atoms with Crippen LogP contribution in [0.15, 0.2) is 60.9 Å². The minimum absolute atomic E-state index is 0.0218. The van der Waals surface area contributed by atoms with Crippen molar-refractivity contribution in [2.24, 2.45) is 0 Å². The molecule has 2 heterocycles. The fourth-order valence-corrected chi connectivity index (χ4v) is 2.72. The molecule has 0 aliphatic carbocycles. The van der Waals surface area contributed by atoms with Crippen molar-refractivity contribution in [3.05, 3.63) is 72.1 Å². The summed E-state index contributed by atoms with van der Waals surface area (Å²) in [4.78, 5) is 16.5. The summed E-state index contributed by atoms with van der Waals surface area (Å²) < 4.78 is 44.4. The van der Waals surface area contributed by atoms with Crippen LogP contribution >= 0.6 is 0 Å². The third-order valence-electron chi connectivity index (χ3n) is 4.01. The zero-order valence-electron chi connectivity index (χ0n) is 13.2. The number of alkyl halides is 3. The molecule has 26 heavy (non-hydrogen) atoms. The standard InChI is InChI=1S/C19H11F3N2O2/c20-19(21,22)13-2-4-17-15(10-13)24-18(25)14-9-12(1-3-16(14)26-17)11-5-7-23-8-6-11/h1-10H,(H,24,25). The first-order valence-corrected chi connectivity index (χ1v) is 7.67. The Morgan fingerprint density at radius 2 is 1.62 bits per heavy atom. The number of halogens is 3. The van der Waals surface area contributed by atoms with E-state index in [0.29, 0.717) is 0 Å². The number of rotatable bonds is 1. The van der Waals surface area contributed by atoms with E-state index < -0.39 is 17.6 Å². The van der Waals surface area contributed by atoms with Crippen molar-refractivity contribution in [2.75, 3.05) is 5.32 Å². The number of amides is 1. The minimum Gasteiger partial charge on any atom is -0.454 e. The van der Waals surface area contributed by atoms with Gasteiger partial charge in [0.05, 0.1) is 16.8 Å². The van der Waals surface area contributed by atoms with E-state index in [-0.39, 0.29) is 22.7 Å². The Labute approximate surface area is 146 Å².